The summed E-state index contributed by atoms with van der Waals surface area (Å²) in [6.45, 7) is 4.09. The second kappa shape index (κ2) is 22.3. The van der Waals surface area contributed by atoms with Gasteiger partial charge in [-0.2, -0.15) is 0 Å². The first-order chi connectivity index (χ1) is 16.3. The van der Waals surface area contributed by atoms with Gasteiger partial charge in [-0.25, -0.2) is 0 Å². The van der Waals surface area contributed by atoms with Crippen LogP contribution in [0.3, 0.4) is 0 Å². The summed E-state index contributed by atoms with van der Waals surface area (Å²) in [5.74, 6) is -0.329. The van der Waals surface area contributed by atoms with E-state index in [4.69, 9.17) is 0 Å². The smallest absolute Gasteiger partial charge is 0.217 e. The maximum Gasteiger partial charge on any atom is 0.217 e. The molecule has 34 heavy (non-hydrogen) atoms. The van der Waals surface area contributed by atoms with Gasteiger partial charge in [-0.05, 0) is 6.42 Å². The van der Waals surface area contributed by atoms with E-state index in [2.05, 4.69) is 12.2 Å². The highest BCUT2D eigenvalue weighted by Crippen LogP contribution is 2.35. The first kappa shape index (κ1) is 32.8. The molecule has 0 saturated carbocycles. The Morgan fingerprint density at radius 2 is 1.26 bits per heavy atom. The van der Waals surface area contributed by atoms with Crippen LogP contribution < -0.4 is 10.6 Å². The molecule has 4 N–H and O–H groups in total. The molecule has 0 bridgehead atoms. The van der Waals surface area contributed by atoms with Crippen molar-refractivity contribution in [1.29, 1.82) is 0 Å². The van der Waals surface area contributed by atoms with Gasteiger partial charge in [0.15, 0.2) is 19.2 Å². The highest BCUT2D eigenvalue weighted by molar-refractivity contribution is 7.84. The van der Waals surface area contributed by atoms with Crippen LogP contribution in [-0.4, -0.2) is 47.3 Å². The van der Waals surface area contributed by atoms with Crippen LogP contribution in [-0.2, 0) is 19.2 Å². The molecule has 2 unspecified atom stereocenters. The number of unbranched alkanes of at least 4 members (excludes halogenated alkanes) is 12. The van der Waals surface area contributed by atoms with E-state index in [9.17, 15) is 24.1 Å². The van der Waals surface area contributed by atoms with E-state index in [1.165, 1.54) is 71.1 Å². The zero-order valence-corrected chi connectivity index (χ0v) is 22.8. The Kier molecular flexibility index (Phi) is 21.5. The van der Waals surface area contributed by atoms with Gasteiger partial charge in [0.25, 0.3) is 0 Å². The third-order valence-electron chi connectivity index (χ3n) is 5.98. The molecule has 0 aliphatic rings. The molecule has 0 aromatic heterocycles. The zero-order valence-electron chi connectivity index (χ0n) is 21.9. The quantitative estimate of drug-likeness (QED) is 0.134. The number of hydrogen-bond donors (Lipinski definition) is 3. The Morgan fingerprint density at radius 1 is 0.765 bits per heavy atom. The molecular weight excluding hydrogens is 451 g/mol. The van der Waals surface area contributed by atoms with E-state index in [1.54, 1.807) is 5.32 Å². The molecular formula is C26H50N2O5P+. The molecule has 0 rings (SSSR count). The number of carbonyl (C=O) groups excluding carboxylic acids is 4. The first-order valence-electron chi connectivity index (χ1n) is 13.4. The van der Waals surface area contributed by atoms with Crippen molar-refractivity contribution in [2.45, 2.75) is 129 Å². The summed E-state index contributed by atoms with van der Waals surface area (Å²) in [5, 5.41) is 4.44. The number of nitrogens with two attached hydrogens (primary N) is 1. The molecule has 0 saturated heterocycles. The summed E-state index contributed by atoms with van der Waals surface area (Å²) in [6, 6.07) is -0.665. The number of carbonyl (C=O) groups is 4. The van der Waals surface area contributed by atoms with Crippen molar-refractivity contribution < 1.29 is 29.4 Å². The molecule has 0 spiro atoms. The third-order valence-corrected chi connectivity index (χ3v) is 7.33. The van der Waals surface area contributed by atoms with Crippen LogP contribution in [0.4, 0.5) is 0 Å². The summed E-state index contributed by atoms with van der Waals surface area (Å²) in [6.07, 6.45) is 16.6. The standard InChI is InChI=1S/C26H49N2O5P/c1-4-5-6-7-8-9-10-11-12-13-14-15-16-17-24(30)20-23(28-22(2)29)21-26(32)34(33)25(31)18-19-27-3/h23,27,33H,4-21H2,1-3H3,(H,28,29)/p+1. The molecule has 0 heterocycles. The maximum atomic E-state index is 12.4. The summed E-state index contributed by atoms with van der Waals surface area (Å²) < 4.78 is 0. The van der Waals surface area contributed by atoms with Gasteiger partial charge in [0.1, 0.15) is 5.78 Å². The normalized spacial score (nSPS) is 12.8. The van der Waals surface area contributed by atoms with Gasteiger partial charge in [-0.3, -0.25) is 19.2 Å². The number of rotatable bonds is 24. The van der Waals surface area contributed by atoms with E-state index < -0.39 is 25.2 Å². The van der Waals surface area contributed by atoms with E-state index in [-0.39, 0.29) is 31.0 Å². The average molecular weight is 502 g/mol. The fourth-order valence-electron chi connectivity index (χ4n) is 3.99. The van der Waals surface area contributed by atoms with Gasteiger partial charge in [-0.1, -0.05) is 84.0 Å². The van der Waals surface area contributed by atoms with Crippen molar-refractivity contribution >= 4 is 30.9 Å². The van der Waals surface area contributed by atoms with Crippen molar-refractivity contribution in [2.24, 2.45) is 0 Å². The van der Waals surface area contributed by atoms with Crippen LogP contribution in [0.2, 0.25) is 0 Å². The maximum absolute atomic E-state index is 12.4. The van der Waals surface area contributed by atoms with Crippen molar-refractivity contribution in [3.8, 4) is 0 Å². The lowest BCUT2D eigenvalue weighted by Crippen LogP contribution is -2.79. The second-order valence-electron chi connectivity index (χ2n) is 9.38. The van der Waals surface area contributed by atoms with E-state index in [0.717, 1.165) is 19.3 Å². The minimum Gasteiger partial charge on any atom is -0.360 e. The lowest BCUT2D eigenvalue weighted by molar-refractivity contribution is -0.625. The molecule has 0 radical (unpaired) electrons. The van der Waals surface area contributed by atoms with Crippen molar-refractivity contribution in [3.63, 3.8) is 0 Å². The van der Waals surface area contributed by atoms with E-state index >= 15 is 0 Å². The topological polar surface area (TPSA) is 117 Å². The highest BCUT2D eigenvalue weighted by Gasteiger charge is 2.28. The molecule has 0 aliphatic heterocycles. The van der Waals surface area contributed by atoms with Gasteiger partial charge in [0.05, 0.1) is 20.0 Å². The Labute approximate surface area is 208 Å². The SMILES string of the molecule is CCCCCCCCCCCCCCCC(=O)CC(CC(=O)P(O)C(=O)CC[NH2+]C)NC(C)=O. The van der Waals surface area contributed by atoms with Crippen LogP contribution >= 0.6 is 8.15 Å². The van der Waals surface area contributed by atoms with Crippen molar-refractivity contribution in [1.82, 2.24) is 5.32 Å². The number of nitrogens with one attached hydrogen (secondary N) is 1. The molecule has 1 amide bonds. The summed E-state index contributed by atoms with van der Waals surface area (Å²) >= 11 is 0. The van der Waals surface area contributed by atoms with Crippen molar-refractivity contribution in [2.75, 3.05) is 13.6 Å². The molecule has 0 fully saturated rings. The number of hydrogen-bond acceptors (Lipinski definition) is 5. The van der Waals surface area contributed by atoms with E-state index in [0.29, 0.717) is 13.0 Å². The predicted octanol–water partition coefficient (Wildman–Crippen LogP) is 4.35. The molecule has 0 aromatic rings. The van der Waals surface area contributed by atoms with Crippen molar-refractivity contribution in [3.05, 3.63) is 0 Å². The van der Waals surface area contributed by atoms with Gasteiger partial charge < -0.3 is 15.5 Å². The van der Waals surface area contributed by atoms with Gasteiger partial charge in [0.2, 0.25) is 5.91 Å². The first-order valence-corrected chi connectivity index (χ1v) is 14.7. The highest BCUT2D eigenvalue weighted by atomic mass is 31.1. The molecule has 7 nitrogen and oxygen atoms in total. The second-order valence-corrected chi connectivity index (χ2v) is 11.0. The number of ketones is 1. The molecule has 0 aliphatic carbocycles. The number of Topliss-reactive ketones (excluding diaryl/α,β-unsaturated/α-hetero) is 1. The van der Waals surface area contributed by atoms with Crippen LogP contribution in [0.5, 0.6) is 0 Å². The molecule has 8 heteroatoms. The minimum absolute atomic E-state index is 0.00352. The Morgan fingerprint density at radius 3 is 1.74 bits per heavy atom. The number of amides is 1. The van der Waals surface area contributed by atoms with Gasteiger partial charge in [-0.15, -0.1) is 0 Å². The minimum atomic E-state index is -2.39. The summed E-state index contributed by atoms with van der Waals surface area (Å²) in [7, 11) is -0.575. The summed E-state index contributed by atoms with van der Waals surface area (Å²) in [4.78, 5) is 58.1. The molecule has 0 aromatic carbocycles. The zero-order chi connectivity index (χ0) is 25.6. The molecule has 2 atom stereocenters. The predicted molar refractivity (Wildman–Crippen MR) is 139 cm³/mol. The fraction of sp³-hybridized carbons (Fsp3) is 0.846. The fourth-order valence-corrected chi connectivity index (χ4v) is 5.00. The van der Waals surface area contributed by atoms with Crippen LogP contribution in [0.15, 0.2) is 0 Å². The largest absolute Gasteiger partial charge is 0.360 e. The monoisotopic (exact) mass is 501 g/mol. The number of quaternary nitrogens is 1. The van der Waals surface area contributed by atoms with Gasteiger partial charge in [0, 0.05) is 32.2 Å². The van der Waals surface area contributed by atoms with E-state index in [1.807, 2.05) is 7.05 Å². The Hall–Kier alpha value is -1.17. The van der Waals surface area contributed by atoms with Crippen LogP contribution in [0.25, 0.3) is 0 Å². The lowest BCUT2D eigenvalue weighted by Gasteiger charge is -2.18. The Bertz CT molecular complexity index is 586. The molecule has 198 valence electrons. The Balaban J connectivity index is 4.03. The average Bonchev–Trinajstić information content (AvgIpc) is 2.79. The summed E-state index contributed by atoms with van der Waals surface area (Å²) in [5.41, 5.74) is -1.04. The van der Waals surface area contributed by atoms with Gasteiger partial charge >= 0.3 is 0 Å². The third kappa shape index (κ3) is 19.2. The van der Waals surface area contributed by atoms with Crippen LogP contribution in [0.1, 0.15) is 123 Å². The van der Waals surface area contributed by atoms with Crippen LogP contribution in [0, 0.1) is 0 Å². The lowest BCUT2D eigenvalue weighted by atomic mass is 10.0.